The number of ether oxygens (including phenoxy) is 1. The van der Waals surface area contributed by atoms with Crippen LogP contribution in [0.2, 0.25) is 0 Å². The number of methoxy groups -OCH3 is 1. The number of rotatable bonds is 7. The summed E-state index contributed by atoms with van der Waals surface area (Å²) in [5.41, 5.74) is 0.666. The SMILES string of the molecule is COC(=O)C(NC(=O)NCC1CCCC(CN=C=O)C1)c1ccccc1. The number of isocyanates is 1. The van der Waals surface area contributed by atoms with E-state index in [9.17, 15) is 14.4 Å². The molecule has 1 aliphatic rings. The number of nitrogens with zero attached hydrogens (tertiary/aromatic N) is 1. The summed E-state index contributed by atoms with van der Waals surface area (Å²) in [7, 11) is 1.29. The predicted molar refractivity (Wildman–Crippen MR) is 96.2 cm³/mol. The lowest BCUT2D eigenvalue weighted by atomic mass is 9.81. The average Bonchev–Trinajstić information content (AvgIpc) is 2.69. The quantitative estimate of drug-likeness (QED) is 0.444. The molecular formula is C19H25N3O4. The molecule has 2 amide bonds. The molecule has 0 radical (unpaired) electrons. The van der Waals surface area contributed by atoms with Crippen LogP contribution in [0.3, 0.4) is 0 Å². The first-order valence-corrected chi connectivity index (χ1v) is 8.84. The van der Waals surface area contributed by atoms with E-state index in [0.717, 1.165) is 25.7 Å². The van der Waals surface area contributed by atoms with E-state index in [2.05, 4.69) is 15.6 Å². The van der Waals surface area contributed by atoms with Crippen LogP contribution in [0, 0.1) is 11.8 Å². The van der Waals surface area contributed by atoms with E-state index in [1.54, 1.807) is 30.3 Å². The largest absolute Gasteiger partial charge is 0.467 e. The molecule has 1 aromatic carbocycles. The molecule has 7 heteroatoms. The highest BCUT2D eigenvalue weighted by atomic mass is 16.5. The maximum absolute atomic E-state index is 12.2. The van der Waals surface area contributed by atoms with Crippen LogP contribution in [0.15, 0.2) is 35.3 Å². The summed E-state index contributed by atoms with van der Waals surface area (Å²) >= 11 is 0. The van der Waals surface area contributed by atoms with Crippen molar-refractivity contribution in [2.24, 2.45) is 16.8 Å². The van der Waals surface area contributed by atoms with Crippen molar-refractivity contribution in [3.8, 4) is 0 Å². The fourth-order valence-corrected chi connectivity index (χ4v) is 3.38. The van der Waals surface area contributed by atoms with E-state index in [0.29, 0.717) is 30.5 Å². The highest BCUT2D eigenvalue weighted by Gasteiger charge is 2.25. The van der Waals surface area contributed by atoms with Gasteiger partial charge in [-0.25, -0.2) is 19.4 Å². The van der Waals surface area contributed by atoms with Crippen molar-refractivity contribution in [2.75, 3.05) is 20.2 Å². The van der Waals surface area contributed by atoms with Crippen molar-refractivity contribution in [2.45, 2.75) is 31.7 Å². The second kappa shape index (κ2) is 10.4. The number of carbonyl (C=O) groups is 2. The number of aliphatic imine (C=N–C) groups is 1. The molecule has 0 saturated heterocycles. The van der Waals surface area contributed by atoms with Crippen molar-refractivity contribution in [3.63, 3.8) is 0 Å². The van der Waals surface area contributed by atoms with Gasteiger partial charge in [-0.05, 0) is 36.7 Å². The van der Waals surface area contributed by atoms with Crippen LogP contribution in [0.4, 0.5) is 4.79 Å². The zero-order chi connectivity index (χ0) is 18.8. The Morgan fingerprint density at radius 1 is 1.27 bits per heavy atom. The Morgan fingerprint density at radius 2 is 2.00 bits per heavy atom. The molecule has 1 fully saturated rings. The van der Waals surface area contributed by atoms with Gasteiger partial charge >= 0.3 is 12.0 Å². The van der Waals surface area contributed by atoms with Gasteiger partial charge in [0.15, 0.2) is 6.04 Å². The topological polar surface area (TPSA) is 96.9 Å². The van der Waals surface area contributed by atoms with Gasteiger partial charge < -0.3 is 15.4 Å². The summed E-state index contributed by atoms with van der Waals surface area (Å²) in [6.45, 7) is 1.03. The third-order valence-corrected chi connectivity index (χ3v) is 4.70. The Kier molecular flexibility index (Phi) is 7.83. The highest BCUT2D eigenvalue weighted by molar-refractivity contribution is 5.84. The Hall–Kier alpha value is -2.66. The molecule has 2 N–H and O–H groups in total. The van der Waals surface area contributed by atoms with E-state index in [-0.39, 0.29) is 0 Å². The zero-order valence-electron chi connectivity index (χ0n) is 14.9. The van der Waals surface area contributed by atoms with Gasteiger partial charge in [0.1, 0.15) is 0 Å². The monoisotopic (exact) mass is 359 g/mol. The Labute approximate surface area is 153 Å². The number of hydrogen-bond donors (Lipinski definition) is 2. The van der Waals surface area contributed by atoms with Crippen LogP contribution in [0.25, 0.3) is 0 Å². The minimum atomic E-state index is -0.845. The maximum Gasteiger partial charge on any atom is 0.333 e. The number of amides is 2. The Bertz CT molecular complexity index is 643. The van der Waals surface area contributed by atoms with Crippen molar-refractivity contribution in [1.29, 1.82) is 0 Å². The van der Waals surface area contributed by atoms with Crippen molar-refractivity contribution in [1.82, 2.24) is 10.6 Å². The molecule has 1 saturated carbocycles. The first-order valence-electron chi connectivity index (χ1n) is 8.84. The second-order valence-electron chi connectivity index (χ2n) is 6.55. The lowest BCUT2D eigenvalue weighted by Gasteiger charge is -2.28. The summed E-state index contributed by atoms with van der Waals surface area (Å²) in [6, 6.07) is 7.72. The number of hydrogen-bond acceptors (Lipinski definition) is 5. The van der Waals surface area contributed by atoms with Gasteiger partial charge in [0.25, 0.3) is 0 Å². The van der Waals surface area contributed by atoms with Crippen molar-refractivity contribution >= 4 is 18.1 Å². The van der Waals surface area contributed by atoms with Gasteiger partial charge in [0.05, 0.1) is 13.7 Å². The number of nitrogens with one attached hydrogen (secondary N) is 2. The first-order chi connectivity index (χ1) is 12.6. The molecular weight excluding hydrogens is 334 g/mol. The van der Waals surface area contributed by atoms with Crippen LogP contribution < -0.4 is 10.6 Å². The summed E-state index contributed by atoms with van der Waals surface area (Å²) in [4.78, 5) is 38.2. The van der Waals surface area contributed by atoms with E-state index in [4.69, 9.17) is 4.74 Å². The molecule has 3 unspecified atom stereocenters. The molecule has 1 aliphatic carbocycles. The predicted octanol–water partition coefficient (Wildman–Crippen LogP) is 2.34. The fourth-order valence-electron chi connectivity index (χ4n) is 3.38. The van der Waals surface area contributed by atoms with Gasteiger partial charge in [-0.3, -0.25) is 0 Å². The number of urea groups is 1. The van der Waals surface area contributed by atoms with Crippen LogP contribution in [0.5, 0.6) is 0 Å². The highest BCUT2D eigenvalue weighted by Crippen LogP contribution is 2.28. The van der Waals surface area contributed by atoms with Crippen LogP contribution in [-0.4, -0.2) is 38.3 Å². The van der Waals surface area contributed by atoms with Gasteiger partial charge in [-0.15, -0.1) is 0 Å². The van der Waals surface area contributed by atoms with E-state index >= 15 is 0 Å². The molecule has 0 spiro atoms. The summed E-state index contributed by atoms with van der Waals surface area (Å²) in [6.07, 6.45) is 5.64. The first kappa shape index (κ1) is 19.7. The smallest absolute Gasteiger partial charge is 0.333 e. The Morgan fingerprint density at radius 3 is 2.69 bits per heavy atom. The molecule has 0 aromatic heterocycles. The van der Waals surface area contributed by atoms with Crippen LogP contribution in [-0.2, 0) is 14.3 Å². The van der Waals surface area contributed by atoms with Gasteiger partial charge in [0, 0.05) is 6.54 Å². The van der Waals surface area contributed by atoms with Gasteiger partial charge in [-0.1, -0.05) is 36.8 Å². The normalized spacial score (nSPS) is 20.3. The minimum absolute atomic E-state index is 0.342. The lowest BCUT2D eigenvalue weighted by Crippen LogP contribution is -2.43. The molecule has 3 atom stereocenters. The molecule has 0 heterocycles. The lowest BCUT2D eigenvalue weighted by molar-refractivity contribution is -0.143. The summed E-state index contributed by atoms with van der Waals surface area (Å²) < 4.78 is 4.79. The standard InChI is InChI=1S/C19H25N3O4/c1-26-18(24)17(16-8-3-2-4-9-16)22-19(25)21-12-15-7-5-6-14(10-15)11-20-13-23/h2-4,8-9,14-15,17H,5-7,10-12H2,1H3,(H2,21,22,25). The Balaban J connectivity index is 1.86. The molecule has 2 rings (SSSR count). The average molecular weight is 359 g/mol. The summed E-state index contributed by atoms with van der Waals surface area (Å²) in [5, 5.41) is 5.52. The van der Waals surface area contributed by atoms with Gasteiger partial charge in [-0.2, -0.15) is 0 Å². The van der Waals surface area contributed by atoms with Crippen LogP contribution >= 0.6 is 0 Å². The zero-order valence-corrected chi connectivity index (χ0v) is 14.9. The third kappa shape index (κ3) is 6.01. The fraction of sp³-hybridized carbons (Fsp3) is 0.526. The van der Waals surface area contributed by atoms with E-state index in [1.165, 1.54) is 7.11 Å². The minimum Gasteiger partial charge on any atom is -0.467 e. The number of carbonyl (C=O) groups excluding carboxylic acids is 3. The van der Waals surface area contributed by atoms with Crippen molar-refractivity contribution < 1.29 is 19.1 Å². The molecule has 26 heavy (non-hydrogen) atoms. The molecule has 1 aromatic rings. The van der Waals surface area contributed by atoms with E-state index in [1.807, 2.05) is 6.07 Å². The molecule has 140 valence electrons. The molecule has 0 aliphatic heterocycles. The number of esters is 1. The summed E-state index contributed by atoms with van der Waals surface area (Å²) in [5.74, 6) is 0.192. The molecule has 7 nitrogen and oxygen atoms in total. The van der Waals surface area contributed by atoms with Crippen molar-refractivity contribution in [3.05, 3.63) is 35.9 Å². The molecule has 0 bridgehead atoms. The number of benzene rings is 1. The third-order valence-electron chi connectivity index (χ3n) is 4.70. The van der Waals surface area contributed by atoms with E-state index < -0.39 is 18.0 Å². The van der Waals surface area contributed by atoms with Crippen LogP contribution in [0.1, 0.15) is 37.3 Å². The second-order valence-corrected chi connectivity index (χ2v) is 6.55. The maximum atomic E-state index is 12.2. The van der Waals surface area contributed by atoms with Gasteiger partial charge in [0.2, 0.25) is 6.08 Å².